The van der Waals surface area contributed by atoms with Gasteiger partial charge in [0.2, 0.25) is 0 Å². The first-order valence-electron chi connectivity index (χ1n) is 8.55. The molecule has 3 rings (SSSR count). The Hall–Kier alpha value is -1.12. The first-order valence-corrected chi connectivity index (χ1v) is 8.55. The molecule has 2 aliphatic rings. The Morgan fingerprint density at radius 2 is 2.05 bits per heavy atom. The SMILES string of the molecule is C1=CCC(CN2CCCNC(Cc3ccccc3)C2)CC1. The Kier molecular flexibility index (Phi) is 5.47. The molecule has 1 fully saturated rings. The molecule has 0 spiro atoms. The van der Waals surface area contributed by atoms with E-state index in [-0.39, 0.29) is 0 Å². The minimum atomic E-state index is 0.606. The van der Waals surface area contributed by atoms with Crippen molar-refractivity contribution in [1.29, 1.82) is 0 Å². The second-order valence-corrected chi connectivity index (χ2v) is 6.60. The van der Waals surface area contributed by atoms with Gasteiger partial charge in [-0.3, -0.25) is 0 Å². The van der Waals surface area contributed by atoms with Crippen molar-refractivity contribution < 1.29 is 0 Å². The number of benzene rings is 1. The zero-order chi connectivity index (χ0) is 14.3. The van der Waals surface area contributed by atoms with Crippen LogP contribution in [0.3, 0.4) is 0 Å². The fraction of sp³-hybridized carbons (Fsp3) is 0.579. The molecule has 2 unspecified atom stereocenters. The van der Waals surface area contributed by atoms with Crippen LogP contribution in [0, 0.1) is 5.92 Å². The van der Waals surface area contributed by atoms with Crippen molar-refractivity contribution in [3.63, 3.8) is 0 Å². The molecular weight excluding hydrogens is 256 g/mol. The summed E-state index contributed by atoms with van der Waals surface area (Å²) >= 11 is 0. The van der Waals surface area contributed by atoms with Crippen molar-refractivity contribution in [2.75, 3.05) is 26.2 Å². The number of hydrogen-bond acceptors (Lipinski definition) is 2. The van der Waals surface area contributed by atoms with Crippen LogP contribution >= 0.6 is 0 Å². The summed E-state index contributed by atoms with van der Waals surface area (Å²) in [6, 6.07) is 11.5. The number of nitrogens with zero attached hydrogens (tertiary/aromatic N) is 1. The molecule has 0 saturated carbocycles. The monoisotopic (exact) mass is 284 g/mol. The van der Waals surface area contributed by atoms with Gasteiger partial charge >= 0.3 is 0 Å². The zero-order valence-corrected chi connectivity index (χ0v) is 13.0. The summed E-state index contributed by atoms with van der Waals surface area (Å²) in [5.74, 6) is 0.880. The van der Waals surface area contributed by atoms with Crippen LogP contribution in [-0.2, 0) is 6.42 Å². The summed E-state index contributed by atoms with van der Waals surface area (Å²) < 4.78 is 0. The highest BCUT2D eigenvalue weighted by atomic mass is 15.2. The maximum atomic E-state index is 3.74. The van der Waals surface area contributed by atoms with Gasteiger partial charge in [-0.15, -0.1) is 0 Å². The van der Waals surface area contributed by atoms with E-state index in [4.69, 9.17) is 0 Å². The van der Waals surface area contributed by atoms with Crippen LogP contribution in [0.25, 0.3) is 0 Å². The summed E-state index contributed by atoms with van der Waals surface area (Å²) in [5.41, 5.74) is 1.46. The molecule has 1 aromatic carbocycles. The van der Waals surface area contributed by atoms with E-state index in [1.54, 1.807) is 0 Å². The van der Waals surface area contributed by atoms with E-state index >= 15 is 0 Å². The van der Waals surface area contributed by atoms with E-state index in [1.807, 2.05) is 0 Å². The van der Waals surface area contributed by atoms with E-state index < -0.39 is 0 Å². The normalized spacial score (nSPS) is 27.4. The van der Waals surface area contributed by atoms with Gasteiger partial charge in [0.15, 0.2) is 0 Å². The predicted molar refractivity (Wildman–Crippen MR) is 89.5 cm³/mol. The van der Waals surface area contributed by atoms with Gasteiger partial charge in [-0.2, -0.15) is 0 Å². The average Bonchev–Trinajstić information content (AvgIpc) is 2.74. The minimum absolute atomic E-state index is 0.606. The maximum absolute atomic E-state index is 3.74. The Morgan fingerprint density at radius 1 is 1.14 bits per heavy atom. The smallest absolute Gasteiger partial charge is 0.0235 e. The van der Waals surface area contributed by atoms with Crippen LogP contribution in [0.5, 0.6) is 0 Å². The lowest BCUT2D eigenvalue weighted by Gasteiger charge is -2.29. The topological polar surface area (TPSA) is 15.3 Å². The Bertz CT molecular complexity index is 440. The number of hydrogen-bond donors (Lipinski definition) is 1. The summed E-state index contributed by atoms with van der Waals surface area (Å²) in [5, 5.41) is 3.74. The van der Waals surface area contributed by atoms with Crippen LogP contribution in [0.2, 0.25) is 0 Å². The van der Waals surface area contributed by atoms with E-state index in [9.17, 15) is 0 Å². The summed E-state index contributed by atoms with van der Waals surface area (Å²) in [6.45, 7) is 4.92. The van der Waals surface area contributed by atoms with Gasteiger partial charge in [0.05, 0.1) is 0 Å². The van der Waals surface area contributed by atoms with Gasteiger partial charge in [0.25, 0.3) is 0 Å². The third-order valence-corrected chi connectivity index (χ3v) is 4.78. The number of nitrogens with one attached hydrogen (secondary N) is 1. The van der Waals surface area contributed by atoms with Gasteiger partial charge in [0.1, 0.15) is 0 Å². The van der Waals surface area contributed by atoms with E-state index in [0.29, 0.717) is 6.04 Å². The molecule has 1 heterocycles. The summed E-state index contributed by atoms with van der Waals surface area (Å²) in [4.78, 5) is 2.71. The van der Waals surface area contributed by atoms with Gasteiger partial charge in [-0.05, 0) is 56.7 Å². The van der Waals surface area contributed by atoms with Crippen molar-refractivity contribution in [3.8, 4) is 0 Å². The molecule has 2 atom stereocenters. The van der Waals surface area contributed by atoms with E-state index in [1.165, 1.54) is 57.4 Å². The lowest BCUT2D eigenvalue weighted by molar-refractivity contribution is 0.218. The maximum Gasteiger partial charge on any atom is 0.0235 e. The van der Waals surface area contributed by atoms with Gasteiger partial charge < -0.3 is 10.2 Å². The molecule has 0 amide bonds. The van der Waals surface area contributed by atoms with Gasteiger partial charge in [-0.25, -0.2) is 0 Å². The second kappa shape index (κ2) is 7.77. The standard InChI is InChI=1S/C19H28N2/c1-3-8-17(9-4-1)14-19-16-21(13-7-12-20-19)15-18-10-5-2-6-11-18/h1-5,8-9,18-20H,6-7,10-16H2. The third-order valence-electron chi connectivity index (χ3n) is 4.78. The fourth-order valence-electron chi connectivity index (χ4n) is 3.66. The molecule has 1 aliphatic carbocycles. The minimum Gasteiger partial charge on any atom is -0.312 e. The molecule has 1 aliphatic heterocycles. The zero-order valence-electron chi connectivity index (χ0n) is 13.0. The molecule has 1 N–H and O–H groups in total. The highest BCUT2D eigenvalue weighted by Gasteiger charge is 2.21. The van der Waals surface area contributed by atoms with Crippen molar-refractivity contribution in [1.82, 2.24) is 10.2 Å². The number of allylic oxidation sites excluding steroid dienone is 2. The molecule has 1 saturated heterocycles. The Balaban J connectivity index is 1.54. The molecule has 1 aromatic rings. The summed E-state index contributed by atoms with van der Waals surface area (Å²) in [7, 11) is 0. The van der Waals surface area contributed by atoms with Crippen LogP contribution in [0.1, 0.15) is 31.2 Å². The van der Waals surface area contributed by atoms with Crippen molar-refractivity contribution >= 4 is 0 Å². The molecular formula is C19H28N2. The van der Waals surface area contributed by atoms with Crippen molar-refractivity contribution in [3.05, 3.63) is 48.0 Å². The first-order chi connectivity index (χ1) is 10.4. The molecule has 0 radical (unpaired) electrons. The van der Waals surface area contributed by atoms with Crippen LogP contribution in [0.15, 0.2) is 42.5 Å². The highest BCUT2D eigenvalue weighted by Crippen LogP contribution is 2.20. The average molecular weight is 284 g/mol. The van der Waals surface area contributed by atoms with Gasteiger partial charge in [-0.1, -0.05) is 42.5 Å². The second-order valence-electron chi connectivity index (χ2n) is 6.60. The van der Waals surface area contributed by atoms with Crippen LogP contribution in [0.4, 0.5) is 0 Å². The Morgan fingerprint density at radius 3 is 2.86 bits per heavy atom. The molecule has 2 nitrogen and oxygen atoms in total. The van der Waals surface area contributed by atoms with Crippen molar-refractivity contribution in [2.45, 2.75) is 38.1 Å². The van der Waals surface area contributed by atoms with Gasteiger partial charge in [0, 0.05) is 19.1 Å². The van der Waals surface area contributed by atoms with E-state index in [2.05, 4.69) is 52.7 Å². The highest BCUT2D eigenvalue weighted by molar-refractivity contribution is 5.16. The quantitative estimate of drug-likeness (QED) is 0.854. The van der Waals surface area contributed by atoms with Crippen molar-refractivity contribution in [2.24, 2.45) is 5.92 Å². The largest absolute Gasteiger partial charge is 0.312 e. The summed E-state index contributed by atoms with van der Waals surface area (Å²) in [6.07, 6.45) is 11.1. The van der Waals surface area contributed by atoms with E-state index in [0.717, 1.165) is 12.3 Å². The molecule has 21 heavy (non-hydrogen) atoms. The molecule has 2 heteroatoms. The van der Waals surface area contributed by atoms with Crippen LogP contribution < -0.4 is 5.32 Å². The third kappa shape index (κ3) is 4.69. The Labute approximate surface area is 129 Å². The first kappa shape index (κ1) is 14.8. The lowest BCUT2D eigenvalue weighted by Crippen LogP contribution is -2.41. The fourth-order valence-corrected chi connectivity index (χ4v) is 3.66. The molecule has 114 valence electrons. The molecule has 0 bridgehead atoms. The number of rotatable bonds is 4. The van der Waals surface area contributed by atoms with Crippen LogP contribution in [-0.4, -0.2) is 37.1 Å². The lowest BCUT2D eigenvalue weighted by atomic mass is 9.93. The predicted octanol–water partition coefficient (Wildman–Crippen LogP) is 3.25. The molecule has 0 aromatic heterocycles.